The predicted octanol–water partition coefficient (Wildman–Crippen LogP) is 2.64. The molecule has 7 nitrogen and oxygen atoms in total. The van der Waals surface area contributed by atoms with Gasteiger partial charge in [0.05, 0.1) is 6.54 Å². The quantitative estimate of drug-likeness (QED) is 0.661. The maximum atomic E-state index is 12.8. The minimum absolute atomic E-state index is 0.0302. The second-order valence-electron chi connectivity index (χ2n) is 7.38. The van der Waals surface area contributed by atoms with Crippen molar-refractivity contribution in [1.29, 1.82) is 0 Å². The SMILES string of the molecule is CCn1ccc(C(=O)N2CCCC(Cc3nncn3Cc3ccccc3)C2)n1. The molecule has 7 heteroatoms. The number of nitrogens with zero attached hydrogens (tertiary/aromatic N) is 6. The summed E-state index contributed by atoms with van der Waals surface area (Å²) in [7, 11) is 0. The first kappa shape index (κ1) is 18.4. The van der Waals surface area contributed by atoms with E-state index in [-0.39, 0.29) is 5.91 Å². The number of piperidine rings is 1. The van der Waals surface area contributed by atoms with Gasteiger partial charge < -0.3 is 9.47 Å². The van der Waals surface area contributed by atoms with Gasteiger partial charge >= 0.3 is 0 Å². The molecule has 0 radical (unpaired) electrons. The van der Waals surface area contributed by atoms with Gasteiger partial charge in [-0.05, 0) is 37.3 Å². The second kappa shape index (κ2) is 8.37. The number of amides is 1. The van der Waals surface area contributed by atoms with E-state index in [0.717, 1.165) is 51.3 Å². The van der Waals surface area contributed by atoms with E-state index in [1.165, 1.54) is 5.56 Å². The van der Waals surface area contributed by atoms with E-state index in [4.69, 9.17) is 0 Å². The number of benzene rings is 1. The lowest BCUT2D eigenvalue weighted by molar-refractivity contribution is 0.0665. The number of carbonyl (C=O) groups excluding carboxylic acids is 1. The molecule has 0 aliphatic carbocycles. The van der Waals surface area contributed by atoms with E-state index in [0.29, 0.717) is 11.6 Å². The van der Waals surface area contributed by atoms with Crippen molar-refractivity contribution in [3.63, 3.8) is 0 Å². The molecule has 0 spiro atoms. The zero-order valence-electron chi connectivity index (χ0n) is 16.2. The molecule has 3 heterocycles. The molecule has 0 N–H and O–H groups in total. The van der Waals surface area contributed by atoms with E-state index in [9.17, 15) is 4.79 Å². The minimum atomic E-state index is 0.0302. The summed E-state index contributed by atoms with van der Waals surface area (Å²) < 4.78 is 3.90. The third kappa shape index (κ3) is 4.13. The highest BCUT2D eigenvalue weighted by Gasteiger charge is 2.27. The number of likely N-dealkylation sites (tertiary alicyclic amines) is 1. The largest absolute Gasteiger partial charge is 0.337 e. The Balaban J connectivity index is 1.40. The van der Waals surface area contributed by atoms with Crippen LogP contribution in [0.1, 0.15) is 41.6 Å². The van der Waals surface area contributed by atoms with Gasteiger partial charge in [-0.3, -0.25) is 9.48 Å². The highest BCUT2D eigenvalue weighted by Crippen LogP contribution is 2.22. The summed E-state index contributed by atoms with van der Waals surface area (Å²) in [4.78, 5) is 14.7. The maximum absolute atomic E-state index is 12.8. The molecule has 2 aromatic heterocycles. The molecule has 1 fully saturated rings. The van der Waals surface area contributed by atoms with E-state index in [2.05, 4.69) is 32.0 Å². The number of aromatic nitrogens is 5. The summed E-state index contributed by atoms with van der Waals surface area (Å²) in [6.07, 6.45) is 6.61. The van der Waals surface area contributed by atoms with Gasteiger partial charge in [0.15, 0.2) is 0 Å². The standard InChI is InChI=1S/C21H26N6O/c1-2-27-12-10-19(24-27)21(28)25-11-6-9-18(15-25)13-20-23-22-16-26(20)14-17-7-4-3-5-8-17/h3-5,7-8,10,12,16,18H,2,6,9,11,13-15H2,1H3. The fourth-order valence-corrected chi connectivity index (χ4v) is 3.84. The molecule has 4 rings (SSSR count). The Bertz CT molecular complexity index is 916. The van der Waals surface area contributed by atoms with Crippen molar-refractivity contribution in [1.82, 2.24) is 29.4 Å². The second-order valence-corrected chi connectivity index (χ2v) is 7.38. The van der Waals surface area contributed by atoms with Gasteiger partial charge in [-0.2, -0.15) is 5.10 Å². The molecular weight excluding hydrogens is 352 g/mol. The van der Waals surface area contributed by atoms with Crippen molar-refractivity contribution in [3.8, 4) is 0 Å². The Kier molecular flexibility index (Phi) is 5.50. The van der Waals surface area contributed by atoms with Gasteiger partial charge in [0.1, 0.15) is 17.8 Å². The molecule has 0 saturated carbocycles. The van der Waals surface area contributed by atoms with Gasteiger partial charge in [0.25, 0.3) is 5.91 Å². The minimum Gasteiger partial charge on any atom is -0.337 e. The fourth-order valence-electron chi connectivity index (χ4n) is 3.84. The summed E-state index contributed by atoms with van der Waals surface area (Å²) in [6, 6.07) is 12.1. The summed E-state index contributed by atoms with van der Waals surface area (Å²) in [5, 5.41) is 12.8. The van der Waals surface area contributed by atoms with Crippen LogP contribution in [0.25, 0.3) is 0 Å². The first-order valence-corrected chi connectivity index (χ1v) is 9.96. The van der Waals surface area contributed by atoms with Gasteiger partial charge in [-0.15, -0.1) is 10.2 Å². The lowest BCUT2D eigenvalue weighted by Gasteiger charge is -2.32. The Morgan fingerprint density at radius 2 is 2.07 bits per heavy atom. The predicted molar refractivity (Wildman–Crippen MR) is 106 cm³/mol. The topological polar surface area (TPSA) is 68.8 Å². The highest BCUT2D eigenvalue weighted by molar-refractivity contribution is 5.92. The summed E-state index contributed by atoms with van der Waals surface area (Å²) >= 11 is 0. The normalized spacial score (nSPS) is 17.0. The molecule has 1 aliphatic rings. The number of hydrogen-bond acceptors (Lipinski definition) is 4. The molecule has 0 bridgehead atoms. The van der Waals surface area contributed by atoms with Crippen LogP contribution in [0.4, 0.5) is 0 Å². The third-order valence-corrected chi connectivity index (χ3v) is 5.35. The van der Waals surface area contributed by atoms with Gasteiger partial charge in [-0.1, -0.05) is 30.3 Å². The fraction of sp³-hybridized carbons (Fsp3) is 0.429. The van der Waals surface area contributed by atoms with E-state index >= 15 is 0 Å². The Labute approximate surface area is 165 Å². The van der Waals surface area contributed by atoms with Crippen molar-refractivity contribution in [3.05, 3.63) is 66.0 Å². The third-order valence-electron chi connectivity index (χ3n) is 5.35. The Morgan fingerprint density at radius 3 is 2.86 bits per heavy atom. The number of rotatable bonds is 6. The van der Waals surface area contributed by atoms with Gasteiger partial charge in [0, 0.05) is 32.3 Å². The maximum Gasteiger partial charge on any atom is 0.274 e. The number of aryl methyl sites for hydroxylation is 1. The molecule has 1 aliphatic heterocycles. The molecule has 1 amide bonds. The first-order chi connectivity index (χ1) is 13.7. The molecule has 1 atom stereocenters. The average Bonchev–Trinajstić information content (AvgIpc) is 3.38. The van der Waals surface area contributed by atoms with Crippen LogP contribution in [0, 0.1) is 5.92 Å². The summed E-state index contributed by atoms with van der Waals surface area (Å²) in [5.41, 5.74) is 1.77. The molecule has 28 heavy (non-hydrogen) atoms. The molecule has 3 aromatic rings. The van der Waals surface area contributed by atoms with Crippen LogP contribution >= 0.6 is 0 Å². The van der Waals surface area contributed by atoms with Gasteiger partial charge in [-0.25, -0.2) is 0 Å². The average molecular weight is 378 g/mol. The highest BCUT2D eigenvalue weighted by atomic mass is 16.2. The van der Waals surface area contributed by atoms with Crippen LogP contribution in [0.3, 0.4) is 0 Å². The van der Waals surface area contributed by atoms with Crippen molar-refractivity contribution in [2.45, 2.75) is 39.3 Å². The van der Waals surface area contributed by atoms with E-state index in [1.54, 1.807) is 11.0 Å². The Morgan fingerprint density at radius 1 is 1.21 bits per heavy atom. The molecule has 1 unspecified atom stereocenters. The monoisotopic (exact) mass is 378 g/mol. The zero-order valence-corrected chi connectivity index (χ0v) is 16.2. The number of hydrogen-bond donors (Lipinski definition) is 0. The molecular formula is C21H26N6O. The van der Waals surface area contributed by atoms with Crippen LogP contribution in [0.2, 0.25) is 0 Å². The van der Waals surface area contributed by atoms with Crippen molar-refractivity contribution >= 4 is 5.91 Å². The van der Waals surface area contributed by atoms with Crippen LogP contribution in [-0.2, 0) is 19.5 Å². The van der Waals surface area contributed by atoms with Crippen molar-refractivity contribution < 1.29 is 4.79 Å². The molecule has 146 valence electrons. The molecule has 1 aromatic carbocycles. The van der Waals surface area contributed by atoms with Crippen LogP contribution in [0.15, 0.2) is 48.9 Å². The van der Waals surface area contributed by atoms with Crippen LogP contribution in [-0.4, -0.2) is 48.4 Å². The number of carbonyl (C=O) groups is 1. The summed E-state index contributed by atoms with van der Waals surface area (Å²) in [5.74, 6) is 1.41. The summed E-state index contributed by atoms with van der Waals surface area (Å²) in [6.45, 7) is 5.10. The van der Waals surface area contributed by atoms with Crippen LogP contribution in [0.5, 0.6) is 0 Å². The first-order valence-electron chi connectivity index (χ1n) is 9.96. The lowest BCUT2D eigenvalue weighted by Crippen LogP contribution is -2.41. The van der Waals surface area contributed by atoms with Crippen LogP contribution < -0.4 is 0 Å². The Hall–Kier alpha value is -2.96. The van der Waals surface area contributed by atoms with Gasteiger partial charge in [0.2, 0.25) is 0 Å². The van der Waals surface area contributed by atoms with E-state index < -0.39 is 0 Å². The molecule has 1 saturated heterocycles. The van der Waals surface area contributed by atoms with Crippen molar-refractivity contribution in [2.75, 3.05) is 13.1 Å². The zero-order chi connectivity index (χ0) is 19.3. The smallest absolute Gasteiger partial charge is 0.274 e. The van der Waals surface area contributed by atoms with E-state index in [1.807, 2.05) is 42.3 Å². The van der Waals surface area contributed by atoms with Crippen molar-refractivity contribution in [2.24, 2.45) is 5.92 Å². The lowest BCUT2D eigenvalue weighted by atomic mass is 9.94.